The molecule has 0 aromatic carbocycles. The highest BCUT2D eigenvalue weighted by atomic mass is 32.2. The number of carboxylic acids is 3. The molecule has 2 aromatic heterocycles. The van der Waals surface area contributed by atoms with Gasteiger partial charge in [-0.25, -0.2) is 14.3 Å². The second-order valence-corrected chi connectivity index (χ2v) is 10.2. The summed E-state index contributed by atoms with van der Waals surface area (Å²) in [4.78, 5) is 60.5. The number of amides is 2. The number of tetrazole rings is 1. The average molecular weight is 541 g/mol. The predicted molar refractivity (Wildman–Crippen MR) is 121 cm³/mol. The molecule has 0 spiro atoms. The monoisotopic (exact) mass is 540 g/mol. The van der Waals surface area contributed by atoms with E-state index in [1.165, 1.54) is 17.8 Å². The zero-order chi connectivity index (χ0) is 25.3. The molecule has 17 heteroatoms. The Morgan fingerprint density at radius 2 is 1.97 bits per heavy atom. The lowest BCUT2D eigenvalue weighted by molar-refractivity contribution is -0.150. The van der Waals surface area contributed by atoms with Crippen LogP contribution in [0.5, 0.6) is 0 Å². The quantitative estimate of drug-likeness (QED) is 0.224. The zero-order valence-corrected chi connectivity index (χ0v) is 19.9. The van der Waals surface area contributed by atoms with Crippen molar-refractivity contribution in [3.63, 3.8) is 0 Å². The second kappa shape index (κ2) is 10.0. The molecule has 1 unspecified atom stereocenters. The van der Waals surface area contributed by atoms with E-state index in [-0.39, 0.29) is 33.7 Å². The van der Waals surface area contributed by atoms with E-state index in [0.29, 0.717) is 11.1 Å². The van der Waals surface area contributed by atoms with Gasteiger partial charge in [0.1, 0.15) is 28.5 Å². The predicted octanol–water partition coefficient (Wildman–Crippen LogP) is -0.409. The van der Waals surface area contributed by atoms with Gasteiger partial charge in [0.15, 0.2) is 0 Å². The summed E-state index contributed by atoms with van der Waals surface area (Å²) in [5.74, 6) is -4.36. The van der Waals surface area contributed by atoms with E-state index in [4.69, 9.17) is 5.11 Å². The van der Waals surface area contributed by atoms with Crippen molar-refractivity contribution < 1.29 is 39.3 Å². The number of fused-ring (bicyclic) bond motifs is 1. The Kier molecular flexibility index (Phi) is 7.08. The van der Waals surface area contributed by atoms with Crippen molar-refractivity contribution in [1.82, 2.24) is 30.4 Å². The van der Waals surface area contributed by atoms with E-state index in [2.05, 4.69) is 20.8 Å². The molecule has 2 aliphatic rings. The molecule has 0 radical (unpaired) electrons. The minimum atomic E-state index is -1.31. The van der Waals surface area contributed by atoms with E-state index >= 15 is 0 Å². The third kappa shape index (κ3) is 5.01. The summed E-state index contributed by atoms with van der Waals surface area (Å²) in [6.07, 6.45) is -0.221. The minimum Gasteiger partial charge on any atom is -0.480 e. The van der Waals surface area contributed by atoms with Gasteiger partial charge in [-0.1, -0.05) is 11.8 Å². The molecular formula is C18H16N6O8S3. The number of thiophene rings is 1. The number of aromatic carboxylic acids is 1. The smallest absolute Gasteiger partial charge is 0.352 e. The molecule has 0 saturated carbocycles. The molecule has 1 fully saturated rings. The number of hydrogen-bond acceptors (Lipinski definition) is 11. The molecule has 2 aromatic rings. The standard InChI is InChI=1S/C18H16N6O8S3/c25-9(3-7-1-2-33-13(7)17(31)32)19-11-14(28)24-12(16(29)30)8(5-34-15(11)24)6-35-18-20-21-22-23(18)4-10(26)27/h1-2,11,15H,3-6H2,(H,19,25)(H,26,27)(H,29,30)(H,31,32)/t11?,15-/m1/s1. The van der Waals surface area contributed by atoms with E-state index in [0.717, 1.165) is 32.7 Å². The number of β-lactam (4-membered cyclic amide) rings is 1. The van der Waals surface area contributed by atoms with Crippen molar-refractivity contribution in [3.8, 4) is 0 Å². The van der Waals surface area contributed by atoms with Gasteiger partial charge >= 0.3 is 17.9 Å². The van der Waals surface area contributed by atoms with Crippen LogP contribution in [-0.2, 0) is 32.1 Å². The molecule has 35 heavy (non-hydrogen) atoms. The van der Waals surface area contributed by atoms with E-state index in [1.54, 1.807) is 5.38 Å². The first kappa shape index (κ1) is 24.7. The lowest BCUT2D eigenvalue weighted by Gasteiger charge is -2.49. The van der Waals surface area contributed by atoms with Crippen LogP contribution in [0.4, 0.5) is 0 Å². The Labute approximate surface area is 208 Å². The van der Waals surface area contributed by atoms with Gasteiger partial charge in [0.25, 0.3) is 5.91 Å². The van der Waals surface area contributed by atoms with Crippen molar-refractivity contribution in [3.05, 3.63) is 33.2 Å². The maximum absolute atomic E-state index is 12.8. The lowest BCUT2D eigenvalue weighted by atomic mass is 10.0. The number of aromatic nitrogens is 4. The minimum absolute atomic E-state index is 0.0429. The van der Waals surface area contributed by atoms with Gasteiger partial charge in [-0.2, -0.15) is 0 Å². The van der Waals surface area contributed by atoms with Crippen molar-refractivity contribution in [2.24, 2.45) is 0 Å². The van der Waals surface area contributed by atoms with Crippen LogP contribution >= 0.6 is 34.9 Å². The first-order valence-electron chi connectivity index (χ1n) is 9.77. The first-order valence-corrected chi connectivity index (χ1v) is 12.7. The Morgan fingerprint density at radius 1 is 1.20 bits per heavy atom. The highest BCUT2D eigenvalue weighted by Gasteiger charge is 2.54. The largest absolute Gasteiger partial charge is 0.480 e. The summed E-state index contributed by atoms with van der Waals surface area (Å²) in [5, 5.41) is 42.3. The number of carbonyl (C=O) groups excluding carboxylic acids is 2. The summed E-state index contributed by atoms with van der Waals surface area (Å²) in [6.45, 7) is -0.456. The Hall–Kier alpha value is -3.44. The molecule has 4 rings (SSSR count). The number of hydrogen-bond donors (Lipinski definition) is 4. The third-order valence-electron chi connectivity index (χ3n) is 5.02. The van der Waals surface area contributed by atoms with Crippen LogP contribution in [0.2, 0.25) is 0 Å². The Morgan fingerprint density at radius 3 is 2.66 bits per heavy atom. The number of carbonyl (C=O) groups is 5. The molecule has 4 heterocycles. The fourth-order valence-electron chi connectivity index (χ4n) is 3.53. The first-order chi connectivity index (χ1) is 16.7. The van der Waals surface area contributed by atoms with Crippen LogP contribution < -0.4 is 5.32 Å². The van der Waals surface area contributed by atoms with E-state index in [1.807, 2.05) is 0 Å². The van der Waals surface area contributed by atoms with Crippen LogP contribution in [0.3, 0.4) is 0 Å². The van der Waals surface area contributed by atoms with Gasteiger partial charge in [0, 0.05) is 11.5 Å². The fraction of sp³-hybridized carbons (Fsp3) is 0.333. The molecule has 0 bridgehead atoms. The molecule has 14 nitrogen and oxygen atoms in total. The highest BCUT2D eigenvalue weighted by molar-refractivity contribution is 8.01. The van der Waals surface area contributed by atoms with Crippen molar-refractivity contribution in [1.29, 1.82) is 0 Å². The Balaban J connectivity index is 1.43. The second-order valence-electron chi connectivity index (χ2n) is 7.27. The summed E-state index contributed by atoms with van der Waals surface area (Å²) in [7, 11) is 0. The van der Waals surface area contributed by atoms with Gasteiger partial charge in [-0.3, -0.25) is 19.3 Å². The zero-order valence-electron chi connectivity index (χ0n) is 17.5. The van der Waals surface area contributed by atoms with Gasteiger partial charge in [0.05, 0.1) is 6.42 Å². The molecule has 2 atom stereocenters. The molecule has 0 aliphatic carbocycles. The van der Waals surface area contributed by atoms with Crippen LogP contribution in [0.25, 0.3) is 0 Å². The molecule has 2 amide bonds. The van der Waals surface area contributed by atoms with Gasteiger partial charge in [-0.15, -0.1) is 28.2 Å². The van der Waals surface area contributed by atoms with E-state index < -0.39 is 47.7 Å². The number of nitrogens with zero attached hydrogens (tertiary/aromatic N) is 5. The number of thioether (sulfide) groups is 2. The van der Waals surface area contributed by atoms with Crippen molar-refractivity contribution >= 4 is 64.6 Å². The maximum atomic E-state index is 12.8. The average Bonchev–Trinajstić information content (AvgIpc) is 3.44. The molecular weight excluding hydrogens is 524 g/mol. The normalized spacial score (nSPS) is 19.2. The van der Waals surface area contributed by atoms with Crippen LogP contribution in [0.15, 0.2) is 27.9 Å². The summed E-state index contributed by atoms with van der Waals surface area (Å²) >= 11 is 3.31. The SMILES string of the molecule is O=C(O)Cn1nnnc1SCC1=C(C(=O)O)N2C(=O)C(NC(=O)Cc3ccsc3C(=O)O)[C@H]2SC1. The van der Waals surface area contributed by atoms with Crippen LogP contribution in [-0.4, -0.2) is 93.1 Å². The lowest BCUT2D eigenvalue weighted by Crippen LogP contribution is -2.70. The number of nitrogens with one attached hydrogen (secondary N) is 1. The topological polar surface area (TPSA) is 205 Å². The third-order valence-corrected chi connectivity index (χ3v) is 8.35. The van der Waals surface area contributed by atoms with E-state index in [9.17, 15) is 34.2 Å². The highest BCUT2D eigenvalue weighted by Crippen LogP contribution is 2.41. The summed E-state index contributed by atoms with van der Waals surface area (Å²) < 4.78 is 1.07. The summed E-state index contributed by atoms with van der Waals surface area (Å²) in [5.41, 5.74) is 0.562. The molecule has 1 saturated heterocycles. The maximum Gasteiger partial charge on any atom is 0.352 e. The molecule has 2 aliphatic heterocycles. The molecule has 184 valence electrons. The van der Waals surface area contributed by atoms with Crippen LogP contribution in [0, 0.1) is 0 Å². The van der Waals surface area contributed by atoms with Crippen molar-refractivity contribution in [2.75, 3.05) is 11.5 Å². The summed E-state index contributed by atoms with van der Waals surface area (Å²) in [6, 6.07) is 0.589. The van der Waals surface area contributed by atoms with Gasteiger partial charge in [-0.05, 0) is 33.0 Å². The number of carboxylic acid groups (broad SMARTS) is 3. The molecule has 4 N–H and O–H groups in total. The van der Waals surface area contributed by atoms with Gasteiger partial charge in [0.2, 0.25) is 11.1 Å². The van der Waals surface area contributed by atoms with Crippen LogP contribution in [0.1, 0.15) is 15.2 Å². The van der Waals surface area contributed by atoms with Crippen molar-refractivity contribution in [2.45, 2.75) is 29.5 Å². The number of rotatable bonds is 10. The number of aliphatic carboxylic acids is 2. The fourth-order valence-corrected chi connectivity index (χ4v) is 6.66. The Bertz CT molecular complexity index is 1260. The van der Waals surface area contributed by atoms with Gasteiger partial charge < -0.3 is 20.6 Å².